The summed E-state index contributed by atoms with van der Waals surface area (Å²) in [6.45, 7) is 1.17. The van der Waals surface area contributed by atoms with E-state index in [2.05, 4.69) is 5.32 Å². The van der Waals surface area contributed by atoms with Crippen molar-refractivity contribution in [1.29, 1.82) is 0 Å². The van der Waals surface area contributed by atoms with E-state index in [4.69, 9.17) is 5.73 Å². The molecule has 0 spiro atoms. The maximum Gasteiger partial charge on any atom is 0.312 e. The maximum atomic E-state index is 11.8. The minimum Gasteiger partial charge on any atom is -0.399 e. The van der Waals surface area contributed by atoms with Crippen LogP contribution in [0.4, 0.5) is 11.4 Å². The molecule has 0 saturated carbocycles. The van der Waals surface area contributed by atoms with Gasteiger partial charge in [0.15, 0.2) is 0 Å². The SMILES string of the molecule is CN1CCN(CCC(=O)Nc2cccc(N)c2)C(=O)C1=O. The lowest BCUT2D eigenvalue weighted by atomic mass is 10.2. The van der Waals surface area contributed by atoms with Crippen molar-refractivity contribution in [3.05, 3.63) is 24.3 Å². The molecule has 0 atom stereocenters. The molecule has 21 heavy (non-hydrogen) atoms. The van der Waals surface area contributed by atoms with Gasteiger partial charge in [-0.1, -0.05) is 6.07 Å². The van der Waals surface area contributed by atoms with Gasteiger partial charge < -0.3 is 20.9 Å². The number of amides is 3. The molecule has 0 unspecified atom stereocenters. The number of benzene rings is 1. The van der Waals surface area contributed by atoms with Crippen LogP contribution in [-0.4, -0.2) is 54.2 Å². The lowest BCUT2D eigenvalue weighted by Crippen LogP contribution is -2.53. The van der Waals surface area contributed by atoms with Crippen LogP contribution in [0.3, 0.4) is 0 Å². The molecule has 3 amide bonds. The average Bonchev–Trinajstić information content (AvgIpc) is 2.44. The monoisotopic (exact) mass is 290 g/mol. The number of hydrogen-bond donors (Lipinski definition) is 2. The largest absolute Gasteiger partial charge is 0.399 e. The summed E-state index contributed by atoms with van der Waals surface area (Å²) >= 11 is 0. The first-order valence-corrected chi connectivity index (χ1v) is 6.67. The summed E-state index contributed by atoms with van der Waals surface area (Å²) in [5.74, 6) is -1.31. The van der Waals surface area contributed by atoms with Crippen LogP contribution in [0.15, 0.2) is 24.3 Å². The van der Waals surface area contributed by atoms with Crippen molar-refractivity contribution in [3.63, 3.8) is 0 Å². The summed E-state index contributed by atoms with van der Waals surface area (Å²) in [4.78, 5) is 37.9. The maximum absolute atomic E-state index is 11.8. The molecule has 1 aliphatic rings. The van der Waals surface area contributed by atoms with Gasteiger partial charge in [0.2, 0.25) is 5.91 Å². The zero-order chi connectivity index (χ0) is 15.4. The van der Waals surface area contributed by atoms with Crippen LogP contribution in [0.2, 0.25) is 0 Å². The molecule has 112 valence electrons. The molecule has 0 bridgehead atoms. The molecule has 1 aliphatic heterocycles. The van der Waals surface area contributed by atoms with Gasteiger partial charge in [-0.2, -0.15) is 0 Å². The molecule has 7 heteroatoms. The smallest absolute Gasteiger partial charge is 0.312 e. The van der Waals surface area contributed by atoms with Gasteiger partial charge in [-0.3, -0.25) is 14.4 Å². The first kappa shape index (κ1) is 14.8. The Morgan fingerprint density at radius 3 is 2.76 bits per heavy atom. The second-order valence-corrected chi connectivity index (χ2v) is 4.94. The van der Waals surface area contributed by atoms with E-state index in [1.54, 1.807) is 31.3 Å². The van der Waals surface area contributed by atoms with Crippen molar-refractivity contribution in [1.82, 2.24) is 9.80 Å². The van der Waals surface area contributed by atoms with E-state index in [0.29, 0.717) is 24.5 Å². The van der Waals surface area contributed by atoms with E-state index in [9.17, 15) is 14.4 Å². The van der Waals surface area contributed by atoms with Gasteiger partial charge >= 0.3 is 11.8 Å². The van der Waals surface area contributed by atoms with Gasteiger partial charge in [0.05, 0.1) is 0 Å². The number of nitrogens with zero attached hydrogens (tertiary/aromatic N) is 2. The summed E-state index contributed by atoms with van der Waals surface area (Å²) in [6.07, 6.45) is 0.136. The topological polar surface area (TPSA) is 95.7 Å². The lowest BCUT2D eigenvalue weighted by molar-refractivity contribution is -0.155. The summed E-state index contributed by atoms with van der Waals surface area (Å²) in [5.41, 5.74) is 6.80. The van der Waals surface area contributed by atoms with Crippen LogP contribution in [0, 0.1) is 0 Å². The minimum absolute atomic E-state index is 0.136. The Morgan fingerprint density at radius 2 is 2.05 bits per heavy atom. The second kappa shape index (κ2) is 6.25. The van der Waals surface area contributed by atoms with Crippen molar-refractivity contribution < 1.29 is 14.4 Å². The number of nitrogens with one attached hydrogen (secondary N) is 1. The highest BCUT2D eigenvalue weighted by atomic mass is 16.2. The molecule has 2 rings (SSSR count). The van der Waals surface area contributed by atoms with Gasteiger partial charge in [0, 0.05) is 44.5 Å². The fourth-order valence-electron chi connectivity index (χ4n) is 2.06. The Balaban J connectivity index is 1.84. The van der Waals surface area contributed by atoms with Crippen LogP contribution in [0.5, 0.6) is 0 Å². The van der Waals surface area contributed by atoms with Gasteiger partial charge in [0.1, 0.15) is 0 Å². The molecule has 0 aliphatic carbocycles. The first-order chi connectivity index (χ1) is 9.97. The van der Waals surface area contributed by atoms with E-state index in [1.807, 2.05) is 0 Å². The number of rotatable bonds is 4. The normalized spacial score (nSPS) is 15.3. The number of hydrogen-bond acceptors (Lipinski definition) is 4. The number of piperazine rings is 1. The Morgan fingerprint density at radius 1 is 1.29 bits per heavy atom. The third-order valence-corrected chi connectivity index (χ3v) is 3.30. The summed E-state index contributed by atoms with van der Waals surface area (Å²) < 4.78 is 0. The van der Waals surface area contributed by atoms with E-state index < -0.39 is 11.8 Å². The molecule has 3 N–H and O–H groups in total. The molecule has 0 radical (unpaired) electrons. The number of carbonyl (C=O) groups excluding carboxylic acids is 3. The van der Waals surface area contributed by atoms with E-state index in [1.165, 1.54) is 9.80 Å². The van der Waals surface area contributed by atoms with Crippen molar-refractivity contribution in [2.75, 3.05) is 37.7 Å². The highest BCUT2D eigenvalue weighted by molar-refractivity contribution is 6.35. The number of carbonyl (C=O) groups is 3. The number of nitrogens with two attached hydrogens (primary N) is 1. The summed E-state index contributed by atoms with van der Waals surface area (Å²) in [7, 11) is 1.59. The van der Waals surface area contributed by atoms with Crippen LogP contribution in [0.1, 0.15) is 6.42 Å². The molecule has 1 aromatic carbocycles. The van der Waals surface area contributed by atoms with Crippen LogP contribution in [-0.2, 0) is 14.4 Å². The second-order valence-electron chi connectivity index (χ2n) is 4.94. The first-order valence-electron chi connectivity index (χ1n) is 6.67. The zero-order valence-electron chi connectivity index (χ0n) is 11.8. The molecule has 1 fully saturated rings. The highest BCUT2D eigenvalue weighted by Gasteiger charge is 2.30. The summed E-state index contributed by atoms with van der Waals surface area (Å²) in [6, 6.07) is 6.86. The quantitative estimate of drug-likeness (QED) is 0.598. The molecule has 1 saturated heterocycles. The lowest BCUT2D eigenvalue weighted by Gasteiger charge is -2.31. The average molecular weight is 290 g/mol. The molecule has 7 nitrogen and oxygen atoms in total. The third-order valence-electron chi connectivity index (χ3n) is 3.30. The number of likely N-dealkylation sites (N-methyl/N-ethyl adjacent to an activating group) is 1. The van der Waals surface area contributed by atoms with E-state index in [-0.39, 0.29) is 18.9 Å². The van der Waals surface area contributed by atoms with Gasteiger partial charge in [-0.05, 0) is 18.2 Å². The number of nitrogen functional groups attached to an aromatic ring is 1. The van der Waals surface area contributed by atoms with Crippen LogP contribution >= 0.6 is 0 Å². The predicted octanol–water partition coefficient (Wildman–Crippen LogP) is -0.102. The molecule has 1 heterocycles. The molecular formula is C14H18N4O3. The number of anilines is 2. The fraction of sp³-hybridized carbons (Fsp3) is 0.357. The molecule has 1 aromatic rings. The van der Waals surface area contributed by atoms with E-state index >= 15 is 0 Å². The highest BCUT2D eigenvalue weighted by Crippen LogP contribution is 2.12. The summed E-state index contributed by atoms with van der Waals surface area (Å²) in [5, 5.41) is 2.70. The van der Waals surface area contributed by atoms with Crippen molar-refractivity contribution in [2.24, 2.45) is 0 Å². The van der Waals surface area contributed by atoms with Crippen LogP contribution in [0.25, 0.3) is 0 Å². The Kier molecular flexibility index (Phi) is 4.42. The van der Waals surface area contributed by atoms with Gasteiger partial charge in [-0.25, -0.2) is 0 Å². The van der Waals surface area contributed by atoms with Crippen molar-refractivity contribution >= 4 is 29.1 Å². The van der Waals surface area contributed by atoms with Crippen LogP contribution < -0.4 is 11.1 Å². The Bertz CT molecular complexity index is 573. The molecule has 0 aromatic heterocycles. The van der Waals surface area contributed by atoms with E-state index in [0.717, 1.165) is 0 Å². The predicted molar refractivity (Wildman–Crippen MR) is 78.3 cm³/mol. The third kappa shape index (κ3) is 3.71. The fourth-order valence-corrected chi connectivity index (χ4v) is 2.06. The van der Waals surface area contributed by atoms with Crippen molar-refractivity contribution in [3.8, 4) is 0 Å². The zero-order valence-corrected chi connectivity index (χ0v) is 11.8. The standard InChI is InChI=1S/C14H18N4O3/c1-17-7-8-18(14(21)13(17)20)6-5-12(19)16-11-4-2-3-10(15)9-11/h2-4,9H,5-8,15H2,1H3,(H,16,19). The van der Waals surface area contributed by atoms with Gasteiger partial charge in [-0.15, -0.1) is 0 Å². The Labute approximate surface area is 122 Å². The minimum atomic E-state index is -0.555. The Hall–Kier alpha value is -2.57. The molecular weight excluding hydrogens is 272 g/mol. The van der Waals surface area contributed by atoms with Gasteiger partial charge in [0.25, 0.3) is 0 Å². The van der Waals surface area contributed by atoms with Crippen molar-refractivity contribution in [2.45, 2.75) is 6.42 Å².